The molecule has 0 radical (unpaired) electrons. The van der Waals surface area contributed by atoms with Crippen molar-refractivity contribution in [2.24, 2.45) is 5.92 Å². The van der Waals surface area contributed by atoms with Gasteiger partial charge in [0.05, 0.1) is 12.6 Å². The molecule has 86 valence electrons. The summed E-state index contributed by atoms with van der Waals surface area (Å²) in [6, 6.07) is 0.135. The molecule has 0 amide bonds. The van der Waals surface area contributed by atoms with Crippen LogP contribution in [0, 0.1) is 10.7 Å². The Labute approximate surface area is 94.6 Å². The summed E-state index contributed by atoms with van der Waals surface area (Å²) in [7, 11) is 0. The van der Waals surface area contributed by atoms with Gasteiger partial charge in [0.25, 0.3) is 0 Å². The lowest BCUT2D eigenvalue weighted by Crippen LogP contribution is -2.22. The van der Waals surface area contributed by atoms with E-state index >= 15 is 0 Å². The third-order valence-electron chi connectivity index (χ3n) is 2.33. The van der Waals surface area contributed by atoms with Gasteiger partial charge in [-0.05, 0) is 25.1 Å². The van der Waals surface area contributed by atoms with Crippen LogP contribution in [0.15, 0.2) is 0 Å². The monoisotopic (exact) mass is 230 g/mol. The Hall–Kier alpha value is -0.880. The molecule has 1 heterocycles. The number of nitrogens with zero attached hydrogens (tertiary/aromatic N) is 2. The first-order valence-corrected chi connectivity index (χ1v) is 5.48. The Balaban J connectivity index is 2.93. The fraction of sp³-hybridized carbons (Fsp3) is 0.778. The number of aromatic nitrogens is 3. The maximum absolute atomic E-state index is 5.75. The van der Waals surface area contributed by atoms with Crippen LogP contribution in [0.4, 0.5) is 5.95 Å². The average molecular weight is 230 g/mol. The molecule has 1 aromatic rings. The molecule has 0 spiro atoms. The van der Waals surface area contributed by atoms with Gasteiger partial charge in [-0.25, -0.2) is 5.10 Å². The zero-order chi connectivity index (χ0) is 11.4. The first-order valence-electron chi connectivity index (χ1n) is 5.08. The van der Waals surface area contributed by atoms with Gasteiger partial charge in [-0.3, -0.25) is 4.57 Å². The minimum atomic E-state index is 0.135. The third kappa shape index (κ3) is 2.79. The normalized spacial score (nSPS) is 13.3. The van der Waals surface area contributed by atoms with Gasteiger partial charge in [-0.1, -0.05) is 13.8 Å². The number of ether oxygens (including phenoxy) is 1. The van der Waals surface area contributed by atoms with Crippen molar-refractivity contribution in [1.29, 1.82) is 0 Å². The molecule has 0 bridgehead atoms. The summed E-state index contributed by atoms with van der Waals surface area (Å²) < 4.78 is 7.79. The second-order valence-electron chi connectivity index (χ2n) is 3.73. The molecule has 5 nitrogen and oxygen atoms in total. The number of nitrogen functional groups attached to an aromatic ring is 1. The fourth-order valence-corrected chi connectivity index (χ4v) is 1.72. The number of aromatic amines is 1. The number of nitrogens with two attached hydrogens (primary N) is 1. The van der Waals surface area contributed by atoms with E-state index in [-0.39, 0.29) is 6.04 Å². The average Bonchev–Trinajstić information content (AvgIpc) is 2.49. The van der Waals surface area contributed by atoms with E-state index in [1.54, 1.807) is 0 Å². The van der Waals surface area contributed by atoms with Crippen LogP contribution in [0.3, 0.4) is 0 Å². The SMILES string of the molecule is CCOCC(C(C)C)n1c(N)n[nH]c1=S. The largest absolute Gasteiger partial charge is 0.380 e. The highest BCUT2D eigenvalue weighted by Gasteiger charge is 2.19. The predicted molar refractivity (Wildman–Crippen MR) is 62.2 cm³/mol. The molecule has 6 heteroatoms. The zero-order valence-electron chi connectivity index (χ0n) is 9.36. The van der Waals surface area contributed by atoms with Crippen molar-refractivity contribution in [1.82, 2.24) is 14.8 Å². The van der Waals surface area contributed by atoms with Crippen LogP contribution < -0.4 is 5.73 Å². The summed E-state index contributed by atoms with van der Waals surface area (Å²) >= 11 is 5.13. The summed E-state index contributed by atoms with van der Waals surface area (Å²) in [4.78, 5) is 0. The maximum atomic E-state index is 5.75. The second kappa shape index (κ2) is 5.27. The van der Waals surface area contributed by atoms with Crippen LogP contribution in [0.1, 0.15) is 26.8 Å². The quantitative estimate of drug-likeness (QED) is 0.756. The molecule has 0 aliphatic carbocycles. The topological polar surface area (TPSA) is 68.9 Å². The van der Waals surface area contributed by atoms with Gasteiger partial charge in [-0.15, -0.1) is 5.10 Å². The van der Waals surface area contributed by atoms with Crippen LogP contribution >= 0.6 is 12.2 Å². The Morgan fingerprint density at radius 2 is 2.27 bits per heavy atom. The number of rotatable bonds is 5. The number of nitrogens with one attached hydrogen (secondary N) is 1. The van der Waals surface area contributed by atoms with Crippen LogP contribution in [-0.4, -0.2) is 28.0 Å². The fourth-order valence-electron chi connectivity index (χ4n) is 1.44. The summed E-state index contributed by atoms with van der Waals surface area (Å²) in [5.41, 5.74) is 5.75. The minimum absolute atomic E-state index is 0.135. The van der Waals surface area contributed by atoms with Crippen LogP contribution in [0.5, 0.6) is 0 Å². The molecule has 1 rings (SSSR count). The highest BCUT2D eigenvalue weighted by Crippen LogP contribution is 2.20. The molecule has 0 aromatic carbocycles. The van der Waals surface area contributed by atoms with Crippen molar-refractivity contribution >= 4 is 18.2 Å². The molecular weight excluding hydrogens is 212 g/mol. The van der Waals surface area contributed by atoms with Crippen molar-refractivity contribution in [2.75, 3.05) is 18.9 Å². The Bertz CT molecular complexity index is 357. The Kier molecular flexibility index (Phi) is 4.28. The Morgan fingerprint density at radius 1 is 1.60 bits per heavy atom. The number of H-pyrrole nitrogens is 1. The van der Waals surface area contributed by atoms with Gasteiger partial charge in [0.1, 0.15) is 0 Å². The molecule has 0 fully saturated rings. The highest BCUT2D eigenvalue weighted by atomic mass is 32.1. The highest BCUT2D eigenvalue weighted by molar-refractivity contribution is 7.71. The van der Waals surface area contributed by atoms with Gasteiger partial charge < -0.3 is 10.5 Å². The molecular formula is C9H18N4OS. The summed E-state index contributed by atoms with van der Waals surface area (Å²) in [6.45, 7) is 7.48. The van der Waals surface area contributed by atoms with E-state index in [0.29, 0.717) is 29.9 Å². The molecule has 0 aliphatic rings. The lowest BCUT2D eigenvalue weighted by Gasteiger charge is -2.22. The lowest BCUT2D eigenvalue weighted by molar-refractivity contribution is 0.0966. The lowest BCUT2D eigenvalue weighted by atomic mass is 10.1. The first kappa shape index (κ1) is 12.2. The van der Waals surface area contributed by atoms with Crippen molar-refractivity contribution in [3.8, 4) is 0 Å². The summed E-state index contributed by atoms with van der Waals surface area (Å²) in [5, 5.41) is 6.58. The van der Waals surface area contributed by atoms with E-state index < -0.39 is 0 Å². The molecule has 0 aliphatic heterocycles. The predicted octanol–water partition coefficient (Wildman–Crippen LogP) is 1.76. The van der Waals surface area contributed by atoms with E-state index in [0.717, 1.165) is 0 Å². The van der Waals surface area contributed by atoms with Gasteiger partial charge in [-0.2, -0.15) is 0 Å². The first-order chi connectivity index (χ1) is 7.07. The van der Waals surface area contributed by atoms with Gasteiger partial charge in [0.2, 0.25) is 5.95 Å². The molecule has 0 saturated heterocycles. The van der Waals surface area contributed by atoms with Gasteiger partial charge >= 0.3 is 0 Å². The molecule has 0 saturated carbocycles. The van der Waals surface area contributed by atoms with Crippen LogP contribution in [0.2, 0.25) is 0 Å². The van der Waals surface area contributed by atoms with Crippen LogP contribution in [0.25, 0.3) is 0 Å². The van der Waals surface area contributed by atoms with Crippen molar-refractivity contribution in [2.45, 2.75) is 26.8 Å². The summed E-state index contributed by atoms with van der Waals surface area (Å²) in [6.07, 6.45) is 0. The van der Waals surface area contributed by atoms with Crippen molar-refractivity contribution in [3.05, 3.63) is 4.77 Å². The minimum Gasteiger partial charge on any atom is -0.380 e. The summed E-state index contributed by atoms with van der Waals surface area (Å²) in [5.74, 6) is 0.807. The van der Waals surface area contributed by atoms with E-state index in [4.69, 9.17) is 22.7 Å². The maximum Gasteiger partial charge on any atom is 0.220 e. The van der Waals surface area contributed by atoms with Crippen molar-refractivity contribution < 1.29 is 4.74 Å². The van der Waals surface area contributed by atoms with E-state index in [1.807, 2.05) is 11.5 Å². The van der Waals surface area contributed by atoms with Crippen molar-refractivity contribution in [3.63, 3.8) is 0 Å². The smallest absolute Gasteiger partial charge is 0.220 e. The second-order valence-corrected chi connectivity index (χ2v) is 4.11. The van der Waals surface area contributed by atoms with Gasteiger partial charge in [0.15, 0.2) is 4.77 Å². The number of hydrogen-bond acceptors (Lipinski definition) is 4. The number of hydrogen-bond donors (Lipinski definition) is 2. The molecule has 1 unspecified atom stereocenters. The molecule has 3 N–H and O–H groups in total. The standard InChI is InChI=1S/C9H18N4OS/c1-4-14-5-7(6(2)3)13-8(10)11-12-9(13)15/h6-7H,4-5H2,1-3H3,(H2,10,11)(H,12,15). The molecule has 1 atom stereocenters. The Morgan fingerprint density at radius 3 is 2.67 bits per heavy atom. The zero-order valence-corrected chi connectivity index (χ0v) is 10.2. The van der Waals surface area contributed by atoms with E-state index in [9.17, 15) is 0 Å². The van der Waals surface area contributed by atoms with E-state index in [2.05, 4.69) is 24.0 Å². The van der Waals surface area contributed by atoms with Crippen LogP contribution in [-0.2, 0) is 4.74 Å². The number of anilines is 1. The molecule has 1 aromatic heterocycles. The molecule has 15 heavy (non-hydrogen) atoms. The van der Waals surface area contributed by atoms with Gasteiger partial charge in [0, 0.05) is 6.61 Å². The van der Waals surface area contributed by atoms with E-state index in [1.165, 1.54) is 0 Å². The third-order valence-corrected chi connectivity index (χ3v) is 2.61.